The fourth-order valence-corrected chi connectivity index (χ4v) is 7.03. The molecule has 0 spiro atoms. The molecule has 0 bridgehead atoms. The van der Waals surface area contributed by atoms with Crippen molar-refractivity contribution in [2.75, 3.05) is 0 Å². The summed E-state index contributed by atoms with van der Waals surface area (Å²) in [5.41, 5.74) is 6.76. The van der Waals surface area contributed by atoms with Crippen LogP contribution in [0.25, 0.3) is 99.5 Å². The molecule has 10 aromatic rings. The monoisotopic (exact) mass is 626 g/mol. The number of hydrogen-bond donors (Lipinski definition) is 0. The van der Waals surface area contributed by atoms with Crippen LogP contribution in [0.2, 0.25) is 0 Å². The van der Waals surface area contributed by atoms with Crippen LogP contribution >= 0.6 is 0 Å². The summed E-state index contributed by atoms with van der Waals surface area (Å²) in [6.45, 7) is 0. The summed E-state index contributed by atoms with van der Waals surface area (Å²) in [6.07, 6.45) is 3.63. The van der Waals surface area contributed by atoms with Crippen molar-refractivity contribution in [3.8, 4) is 45.3 Å². The van der Waals surface area contributed by atoms with Crippen LogP contribution in [0.4, 0.5) is 0 Å². The van der Waals surface area contributed by atoms with Gasteiger partial charge in [0.05, 0.1) is 0 Å². The van der Waals surface area contributed by atoms with E-state index < -0.39 is 0 Å². The van der Waals surface area contributed by atoms with Gasteiger partial charge in [0.2, 0.25) is 0 Å². The van der Waals surface area contributed by atoms with Gasteiger partial charge in [-0.15, -0.1) is 0 Å². The normalized spacial score (nSPS) is 11.7. The highest BCUT2D eigenvalue weighted by Gasteiger charge is 2.17. The van der Waals surface area contributed by atoms with E-state index in [-0.39, 0.29) is 0 Å². The van der Waals surface area contributed by atoms with Gasteiger partial charge in [0, 0.05) is 39.9 Å². The van der Waals surface area contributed by atoms with Crippen LogP contribution in [-0.2, 0) is 0 Å². The van der Waals surface area contributed by atoms with Crippen molar-refractivity contribution in [3.05, 3.63) is 158 Å². The molecular weight excluding hydrogens is 601 g/mol. The van der Waals surface area contributed by atoms with E-state index in [1.54, 1.807) is 6.20 Å². The highest BCUT2D eigenvalue weighted by atomic mass is 16.3. The zero-order valence-electron chi connectivity index (χ0n) is 26.2. The van der Waals surface area contributed by atoms with Gasteiger partial charge in [-0.2, -0.15) is 0 Å². The number of fused-ring (bicyclic) bond motifs is 7. The van der Waals surface area contributed by atoms with Crippen LogP contribution in [0.1, 0.15) is 0 Å². The van der Waals surface area contributed by atoms with Crippen molar-refractivity contribution in [1.82, 2.24) is 19.9 Å². The third kappa shape index (κ3) is 4.55. The summed E-state index contributed by atoms with van der Waals surface area (Å²) in [5.74, 6) is 1.86. The van der Waals surface area contributed by atoms with E-state index in [0.717, 1.165) is 60.4 Å². The van der Waals surface area contributed by atoms with E-state index in [1.165, 1.54) is 21.7 Å². The first-order valence-corrected chi connectivity index (χ1v) is 16.3. The van der Waals surface area contributed by atoms with Gasteiger partial charge < -0.3 is 4.42 Å². The number of benzene rings is 7. The van der Waals surface area contributed by atoms with Gasteiger partial charge in [-0.25, -0.2) is 15.0 Å². The summed E-state index contributed by atoms with van der Waals surface area (Å²) in [4.78, 5) is 19.7. The molecule has 10 rings (SSSR count). The van der Waals surface area contributed by atoms with Crippen molar-refractivity contribution < 1.29 is 4.42 Å². The van der Waals surface area contributed by atoms with Gasteiger partial charge in [0.1, 0.15) is 11.2 Å². The lowest BCUT2D eigenvalue weighted by molar-refractivity contribution is 0.668. The lowest BCUT2D eigenvalue weighted by Gasteiger charge is -2.12. The Kier molecular flexibility index (Phi) is 6.11. The number of rotatable bonds is 4. The molecule has 0 aliphatic carbocycles. The Bertz CT molecular complexity index is 2890. The fraction of sp³-hybridized carbons (Fsp3) is 0. The number of aromatic nitrogens is 4. The second-order valence-corrected chi connectivity index (χ2v) is 12.3. The molecule has 228 valence electrons. The first kappa shape index (κ1) is 27.4. The molecule has 0 fully saturated rings. The molecule has 0 unspecified atom stereocenters. The molecule has 0 aliphatic rings. The maximum atomic E-state index is 6.18. The Balaban J connectivity index is 1.17. The second kappa shape index (κ2) is 10.9. The quantitative estimate of drug-likeness (QED) is 0.194. The second-order valence-electron chi connectivity index (χ2n) is 12.3. The smallest absolute Gasteiger partial charge is 0.164 e. The maximum Gasteiger partial charge on any atom is 0.164 e. The lowest BCUT2D eigenvalue weighted by Crippen LogP contribution is -2.00. The van der Waals surface area contributed by atoms with E-state index in [9.17, 15) is 0 Å². The average Bonchev–Trinajstić information content (AvgIpc) is 3.56. The maximum absolute atomic E-state index is 6.18. The van der Waals surface area contributed by atoms with Gasteiger partial charge in [-0.1, -0.05) is 121 Å². The third-order valence-electron chi connectivity index (χ3n) is 9.42. The Morgan fingerprint density at radius 3 is 1.96 bits per heavy atom. The van der Waals surface area contributed by atoms with Crippen LogP contribution < -0.4 is 0 Å². The molecule has 0 saturated carbocycles. The predicted octanol–water partition coefficient (Wildman–Crippen LogP) is 11.3. The molecule has 0 amide bonds. The predicted molar refractivity (Wildman–Crippen MR) is 199 cm³/mol. The van der Waals surface area contributed by atoms with Gasteiger partial charge in [0.25, 0.3) is 0 Å². The molecule has 3 aromatic heterocycles. The largest absolute Gasteiger partial charge is 0.456 e. The number of nitrogens with zero attached hydrogens (tertiary/aromatic N) is 4. The van der Waals surface area contributed by atoms with Gasteiger partial charge in [0.15, 0.2) is 17.5 Å². The zero-order chi connectivity index (χ0) is 32.3. The molecule has 0 N–H and O–H groups in total. The molecule has 49 heavy (non-hydrogen) atoms. The van der Waals surface area contributed by atoms with Crippen molar-refractivity contribution >= 4 is 54.3 Å². The van der Waals surface area contributed by atoms with Crippen molar-refractivity contribution in [2.24, 2.45) is 0 Å². The van der Waals surface area contributed by atoms with Crippen LogP contribution in [0, 0.1) is 0 Å². The molecule has 0 aliphatic heterocycles. The summed E-state index contributed by atoms with van der Waals surface area (Å²) in [7, 11) is 0. The van der Waals surface area contributed by atoms with E-state index in [4.69, 9.17) is 19.4 Å². The number of furan rings is 1. The Labute approximate surface area is 281 Å². The zero-order valence-corrected chi connectivity index (χ0v) is 26.2. The van der Waals surface area contributed by atoms with E-state index >= 15 is 0 Å². The molecule has 7 aromatic carbocycles. The summed E-state index contributed by atoms with van der Waals surface area (Å²) in [6, 6.07) is 50.5. The Morgan fingerprint density at radius 2 is 1.06 bits per heavy atom. The van der Waals surface area contributed by atoms with Crippen LogP contribution in [-0.4, -0.2) is 19.9 Å². The minimum absolute atomic E-state index is 0.613. The van der Waals surface area contributed by atoms with E-state index in [2.05, 4.69) is 138 Å². The fourth-order valence-electron chi connectivity index (χ4n) is 7.03. The van der Waals surface area contributed by atoms with Crippen LogP contribution in [0.15, 0.2) is 162 Å². The summed E-state index contributed by atoms with van der Waals surface area (Å²) < 4.78 is 6.18. The van der Waals surface area contributed by atoms with Gasteiger partial charge in [-0.3, -0.25) is 4.98 Å². The van der Waals surface area contributed by atoms with Gasteiger partial charge >= 0.3 is 0 Å². The molecule has 0 atom stereocenters. The molecule has 3 heterocycles. The standard InChI is InChI=1S/C44H26N4O/c1-2-9-31-25-32(20-15-27(31)7-1)43-46-42(30-18-16-29(17-19-30)34-12-5-10-28-8-3-4-11-33(28)34)47-44(48-43)37-14-6-13-36-35(37)21-22-40-41(36)38-26-45-24-23-39(38)49-40/h1-26H. The third-order valence-corrected chi connectivity index (χ3v) is 9.42. The molecule has 0 radical (unpaired) electrons. The van der Waals surface area contributed by atoms with Gasteiger partial charge in [-0.05, 0) is 67.7 Å². The van der Waals surface area contributed by atoms with Crippen molar-refractivity contribution in [2.45, 2.75) is 0 Å². The topological polar surface area (TPSA) is 64.7 Å². The number of hydrogen-bond acceptors (Lipinski definition) is 5. The minimum atomic E-state index is 0.613. The van der Waals surface area contributed by atoms with Crippen LogP contribution in [0.5, 0.6) is 0 Å². The van der Waals surface area contributed by atoms with E-state index in [1.807, 2.05) is 18.3 Å². The Hall–Kier alpha value is -6.72. The number of pyridine rings is 1. The highest BCUT2D eigenvalue weighted by Crippen LogP contribution is 2.38. The van der Waals surface area contributed by atoms with Crippen LogP contribution in [0.3, 0.4) is 0 Å². The van der Waals surface area contributed by atoms with Crippen molar-refractivity contribution in [3.63, 3.8) is 0 Å². The average molecular weight is 627 g/mol. The first-order valence-electron chi connectivity index (χ1n) is 16.3. The molecule has 5 heteroatoms. The highest BCUT2D eigenvalue weighted by molar-refractivity contribution is 6.20. The van der Waals surface area contributed by atoms with Crippen molar-refractivity contribution in [1.29, 1.82) is 0 Å². The SMILES string of the molecule is c1ccc2cc(-c3nc(-c4ccc(-c5cccc6ccccc56)cc4)nc(-c4cccc5c4ccc4oc6ccncc6c45)n3)ccc2c1. The molecule has 5 nitrogen and oxygen atoms in total. The van der Waals surface area contributed by atoms with E-state index in [0.29, 0.717) is 17.5 Å². The summed E-state index contributed by atoms with van der Waals surface area (Å²) in [5, 5.41) is 8.88. The molecular formula is C44H26N4O. The molecule has 0 saturated heterocycles. The summed E-state index contributed by atoms with van der Waals surface area (Å²) >= 11 is 0. The minimum Gasteiger partial charge on any atom is -0.456 e. The Morgan fingerprint density at radius 1 is 0.388 bits per heavy atom. The first-order chi connectivity index (χ1) is 24.3. The lowest BCUT2D eigenvalue weighted by atomic mass is 9.97.